The number of nitrogens with one attached hydrogen (secondary N) is 1. The van der Waals surface area contributed by atoms with Crippen LogP contribution in [0.2, 0.25) is 0 Å². The molecule has 2 nitrogen and oxygen atoms in total. The molecule has 0 aliphatic carbocycles. The fourth-order valence-electron chi connectivity index (χ4n) is 1.66. The molecule has 1 N–H and O–H groups in total. The third-order valence-electron chi connectivity index (χ3n) is 2.68. The van der Waals surface area contributed by atoms with Gasteiger partial charge < -0.3 is 10.1 Å². The van der Waals surface area contributed by atoms with Gasteiger partial charge in [-0.25, -0.2) is 0 Å². The summed E-state index contributed by atoms with van der Waals surface area (Å²) in [5, 5.41) is 3.34. The van der Waals surface area contributed by atoms with Crippen LogP contribution in [-0.4, -0.2) is 19.2 Å². The molecule has 1 rings (SSSR count). The van der Waals surface area contributed by atoms with Gasteiger partial charge in [-0.3, -0.25) is 0 Å². The smallest absolute Gasteiger partial charge is 0.122 e. The number of aryl methyl sites for hydroxylation is 2. The number of hydrogen-bond donors (Lipinski definition) is 1. The molecule has 0 saturated heterocycles. The molecular weight excluding hydrogens is 198 g/mol. The third-order valence-corrected chi connectivity index (χ3v) is 2.68. The summed E-state index contributed by atoms with van der Waals surface area (Å²) in [5.74, 6) is 1.02. The minimum atomic E-state index is 0.518. The van der Waals surface area contributed by atoms with Crippen molar-refractivity contribution < 1.29 is 4.74 Å². The minimum Gasteiger partial charge on any atom is -0.492 e. The molecule has 1 aromatic rings. The van der Waals surface area contributed by atoms with Crippen LogP contribution in [-0.2, 0) is 0 Å². The van der Waals surface area contributed by atoms with E-state index in [-0.39, 0.29) is 0 Å². The van der Waals surface area contributed by atoms with E-state index in [4.69, 9.17) is 4.74 Å². The van der Waals surface area contributed by atoms with Gasteiger partial charge in [0.05, 0.1) is 0 Å². The largest absolute Gasteiger partial charge is 0.492 e. The van der Waals surface area contributed by atoms with E-state index in [2.05, 4.69) is 52.1 Å². The highest BCUT2D eigenvalue weighted by molar-refractivity contribution is 5.41. The van der Waals surface area contributed by atoms with Crippen LogP contribution in [0.15, 0.2) is 12.1 Å². The lowest BCUT2D eigenvalue weighted by molar-refractivity contribution is 0.306. The van der Waals surface area contributed by atoms with Crippen molar-refractivity contribution in [1.29, 1.82) is 0 Å². The van der Waals surface area contributed by atoms with Gasteiger partial charge in [-0.1, -0.05) is 19.9 Å². The zero-order valence-corrected chi connectivity index (χ0v) is 11.1. The molecule has 0 atom stereocenters. The van der Waals surface area contributed by atoms with Gasteiger partial charge in [0.2, 0.25) is 0 Å². The second-order valence-corrected chi connectivity index (χ2v) is 4.66. The van der Waals surface area contributed by atoms with Gasteiger partial charge >= 0.3 is 0 Å². The quantitative estimate of drug-likeness (QED) is 0.772. The Morgan fingerprint density at radius 1 is 1.19 bits per heavy atom. The molecule has 0 heterocycles. The molecule has 90 valence electrons. The van der Waals surface area contributed by atoms with Crippen molar-refractivity contribution in [3.63, 3.8) is 0 Å². The first-order chi connectivity index (χ1) is 7.50. The maximum absolute atomic E-state index is 5.79. The maximum Gasteiger partial charge on any atom is 0.122 e. The highest BCUT2D eigenvalue weighted by Gasteiger charge is 2.03. The van der Waals surface area contributed by atoms with Crippen molar-refractivity contribution in [3.8, 4) is 5.75 Å². The Kier molecular flexibility index (Phi) is 4.81. The second-order valence-electron chi connectivity index (χ2n) is 4.66. The summed E-state index contributed by atoms with van der Waals surface area (Å²) in [5.41, 5.74) is 3.80. The zero-order valence-electron chi connectivity index (χ0n) is 11.1. The van der Waals surface area contributed by atoms with Crippen molar-refractivity contribution in [1.82, 2.24) is 5.32 Å². The lowest BCUT2D eigenvalue weighted by Crippen LogP contribution is -2.27. The Labute approximate surface area is 99.0 Å². The summed E-state index contributed by atoms with van der Waals surface area (Å²) in [6, 6.07) is 4.82. The lowest BCUT2D eigenvalue weighted by atomic mass is 10.1. The molecule has 0 bridgehead atoms. The van der Waals surface area contributed by atoms with Crippen LogP contribution < -0.4 is 10.1 Å². The number of hydrogen-bond acceptors (Lipinski definition) is 2. The molecule has 0 spiro atoms. The van der Waals surface area contributed by atoms with Crippen LogP contribution >= 0.6 is 0 Å². The molecule has 0 radical (unpaired) electrons. The Hall–Kier alpha value is -1.02. The Morgan fingerprint density at radius 3 is 2.50 bits per heavy atom. The van der Waals surface area contributed by atoms with E-state index in [1.54, 1.807) is 0 Å². The average Bonchev–Trinajstić information content (AvgIpc) is 2.19. The molecule has 0 aliphatic heterocycles. The van der Waals surface area contributed by atoms with Crippen LogP contribution in [0.5, 0.6) is 5.75 Å². The van der Waals surface area contributed by atoms with E-state index in [1.165, 1.54) is 16.7 Å². The first-order valence-corrected chi connectivity index (χ1v) is 5.94. The summed E-state index contributed by atoms with van der Waals surface area (Å²) in [4.78, 5) is 0. The summed E-state index contributed by atoms with van der Waals surface area (Å²) in [7, 11) is 0. The van der Waals surface area contributed by atoms with E-state index in [0.29, 0.717) is 6.04 Å². The summed E-state index contributed by atoms with van der Waals surface area (Å²) >= 11 is 0. The normalized spacial score (nSPS) is 10.9. The van der Waals surface area contributed by atoms with Gasteiger partial charge in [0.1, 0.15) is 12.4 Å². The topological polar surface area (TPSA) is 21.3 Å². The fourth-order valence-corrected chi connectivity index (χ4v) is 1.66. The van der Waals surface area contributed by atoms with Gasteiger partial charge in [0.25, 0.3) is 0 Å². The van der Waals surface area contributed by atoms with Crippen molar-refractivity contribution in [2.45, 2.75) is 40.7 Å². The minimum absolute atomic E-state index is 0.518. The highest BCUT2D eigenvalue weighted by Crippen LogP contribution is 2.22. The standard InChI is InChI=1S/C14H23NO/c1-10(2)15-6-7-16-14-9-11(3)8-12(4)13(14)5/h8-10,15H,6-7H2,1-5H3. The van der Waals surface area contributed by atoms with Crippen molar-refractivity contribution in [2.24, 2.45) is 0 Å². The van der Waals surface area contributed by atoms with E-state index >= 15 is 0 Å². The molecule has 0 fully saturated rings. The summed E-state index contributed by atoms with van der Waals surface area (Å²) in [6.07, 6.45) is 0. The molecule has 0 unspecified atom stereocenters. The molecule has 2 heteroatoms. The van der Waals surface area contributed by atoms with Crippen molar-refractivity contribution >= 4 is 0 Å². The van der Waals surface area contributed by atoms with Gasteiger partial charge in [-0.05, 0) is 43.5 Å². The van der Waals surface area contributed by atoms with E-state index in [1.807, 2.05) is 0 Å². The zero-order chi connectivity index (χ0) is 12.1. The fraction of sp³-hybridized carbons (Fsp3) is 0.571. The van der Waals surface area contributed by atoms with Crippen molar-refractivity contribution in [3.05, 3.63) is 28.8 Å². The first kappa shape index (κ1) is 13.0. The molecule has 0 saturated carbocycles. The molecule has 0 aromatic heterocycles. The molecule has 0 aliphatic rings. The van der Waals surface area contributed by atoms with E-state index in [9.17, 15) is 0 Å². The molecule has 16 heavy (non-hydrogen) atoms. The van der Waals surface area contributed by atoms with Crippen LogP contribution in [0.4, 0.5) is 0 Å². The van der Waals surface area contributed by atoms with Gasteiger partial charge in [-0.15, -0.1) is 0 Å². The summed E-state index contributed by atoms with van der Waals surface area (Å²) in [6.45, 7) is 12.2. The summed E-state index contributed by atoms with van der Waals surface area (Å²) < 4.78 is 5.79. The molecule has 1 aromatic carbocycles. The van der Waals surface area contributed by atoms with Crippen LogP contribution in [0.25, 0.3) is 0 Å². The van der Waals surface area contributed by atoms with Crippen LogP contribution in [0.3, 0.4) is 0 Å². The van der Waals surface area contributed by atoms with Gasteiger partial charge in [0, 0.05) is 12.6 Å². The predicted molar refractivity (Wildman–Crippen MR) is 69.3 cm³/mol. The Balaban J connectivity index is 2.53. The SMILES string of the molecule is Cc1cc(C)c(C)c(OCCNC(C)C)c1. The van der Waals surface area contributed by atoms with Crippen molar-refractivity contribution in [2.75, 3.05) is 13.2 Å². The molecule has 0 amide bonds. The number of ether oxygens (including phenoxy) is 1. The predicted octanol–water partition coefficient (Wildman–Crippen LogP) is 2.99. The number of rotatable bonds is 5. The van der Waals surface area contributed by atoms with Crippen LogP contribution in [0.1, 0.15) is 30.5 Å². The third kappa shape index (κ3) is 3.86. The second kappa shape index (κ2) is 5.90. The van der Waals surface area contributed by atoms with Gasteiger partial charge in [-0.2, -0.15) is 0 Å². The maximum atomic E-state index is 5.79. The van der Waals surface area contributed by atoms with E-state index in [0.717, 1.165) is 18.9 Å². The highest BCUT2D eigenvalue weighted by atomic mass is 16.5. The average molecular weight is 221 g/mol. The molecular formula is C14H23NO. The lowest BCUT2D eigenvalue weighted by Gasteiger charge is -2.13. The monoisotopic (exact) mass is 221 g/mol. The Morgan fingerprint density at radius 2 is 1.88 bits per heavy atom. The Bertz CT molecular complexity index is 345. The van der Waals surface area contributed by atoms with E-state index < -0.39 is 0 Å². The first-order valence-electron chi connectivity index (χ1n) is 5.94. The number of benzene rings is 1. The van der Waals surface area contributed by atoms with Gasteiger partial charge in [0.15, 0.2) is 0 Å². The van der Waals surface area contributed by atoms with Crippen LogP contribution in [0, 0.1) is 20.8 Å².